The molecule has 0 bridgehead atoms. The van der Waals surface area contributed by atoms with E-state index < -0.39 is 11.7 Å². The van der Waals surface area contributed by atoms with E-state index in [1.54, 1.807) is 7.05 Å². The molecule has 0 N–H and O–H groups in total. The number of carbonyl (C=O) groups is 1. The molecular weight excluding hydrogens is 283 g/mol. The Labute approximate surface area is 112 Å². The smallest absolute Gasteiger partial charge is 0.345 e. The van der Waals surface area contributed by atoms with Crippen molar-refractivity contribution in [1.82, 2.24) is 9.88 Å². The zero-order valence-corrected chi connectivity index (χ0v) is 10.8. The normalized spacial score (nSPS) is 17.0. The molecule has 0 spiro atoms. The van der Waals surface area contributed by atoms with Crippen molar-refractivity contribution in [1.29, 1.82) is 0 Å². The van der Waals surface area contributed by atoms with Crippen LogP contribution in [0.3, 0.4) is 0 Å². The summed E-state index contributed by atoms with van der Waals surface area (Å²) >= 11 is 5.61. The lowest BCUT2D eigenvalue weighted by atomic mass is 10.2. The molecule has 4 nitrogen and oxygen atoms in total. The van der Waals surface area contributed by atoms with Crippen LogP contribution in [0.25, 0.3) is 0 Å². The molecule has 1 aliphatic heterocycles. The molecule has 1 amide bonds. The van der Waals surface area contributed by atoms with Gasteiger partial charge in [0.2, 0.25) is 5.91 Å². The van der Waals surface area contributed by atoms with E-state index in [1.807, 2.05) is 0 Å². The third kappa shape index (κ3) is 3.09. The number of rotatable bonds is 1. The fraction of sp³-hybridized carbons (Fsp3) is 0.455. The van der Waals surface area contributed by atoms with Crippen LogP contribution in [0.15, 0.2) is 12.1 Å². The average molecular weight is 294 g/mol. The van der Waals surface area contributed by atoms with E-state index in [2.05, 4.69) is 4.98 Å². The lowest BCUT2D eigenvalue weighted by Gasteiger charge is -2.33. The summed E-state index contributed by atoms with van der Waals surface area (Å²) in [5, 5.41) is -0.240. The number of carbonyl (C=O) groups excluding carboxylic acids is 1. The molecule has 1 aliphatic rings. The minimum absolute atomic E-state index is 0.00113. The van der Waals surface area contributed by atoms with Crippen molar-refractivity contribution < 1.29 is 18.0 Å². The molecule has 0 atom stereocenters. The molecule has 1 aromatic rings. The Hall–Kier alpha value is -1.50. The Balaban J connectivity index is 2.30. The molecule has 1 saturated heterocycles. The molecule has 0 aromatic carbocycles. The molecule has 104 valence electrons. The predicted octanol–water partition coefficient (Wildman–Crippen LogP) is 2.03. The van der Waals surface area contributed by atoms with Crippen LogP contribution in [0.5, 0.6) is 0 Å². The van der Waals surface area contributed by atoms with Crippen molar-refractivity contribution >= 4 is 23.3 Å². The van der Waals surface area contributed by atoms with Gasteiger partial charge in [-0.2, -0.15) is 13.2 Å². The zero-order valence-electron chi connectivity index (χ0n) is 10.0. The maximum atomic E-state index is 12.7. The minimum atomic E-state index is -4.49. The molecule has 2 rings (SSSR count). The molecule has 0 unspecified atom stereocenters. The van der Waals surface area contributed by atoms with Gasteiger partial charge in [-0.05, 0) is 12.1 Å². The second-order valence-corrected chi connectivity index (χ2v) is 4.66. The summed E-state index contributed by atoms with van der Waals surface area (Å²) in [4.78, 5) is 18.4. The summed E-state index contributed by atoms with van der Waals surface area (Å²) in [5.41, 5.74) is -0.867. The highest BCUT2D eigenvalue weighted by Crippen LogP contribution is 2.32. The SMILES string of the molecule is CN1CCN(c2cc(C(F)(F)F)cc(Cl)n2)CC1=O. The first kappa shape index (κ1) is 13.9. The highest BCUT2D eigenvalue weighted by atomic mass is 35.5. The first-order chi connectivity index (χ1) is 8.77. The van der Waals surface area contributed by atoms with E-state index in [0.717, 1.165) is 12.1 Å². The minimum Gasteiger partial charge on any atom is -0.345 e. The summed E-state index contributed by atoms with van der Waals surface area (Å²) < 4.78 is 38.0. The van der Waals surface area contributed by atoms with E-state index >= 15 is 0 Å². The van der Waals surface area contributed by atoms with Crippen molar-refractivity contribution in [2.24, 2.45) is 0 Å². The van der Waals surface area contributed by atoms with E-state index in [9.17, 15) is 18.0 Å². The Morgan fingerprint density at radius 3 is 2.58 bits per heavy atom. The van der Waals surface area contributed by atoms with Crippen molar-refractivity contribution in [2.75, 3.05) is 31.6 Å². The van der Waals surface area contributed by atoms with Crippen LogP contribution in [-0.2, 0) is 11.0 Å². The van der Waals surface area contributed by atoms with Crippen LogP contribution in [0.2, 0.25) is 5.15 Å². The molecule has 0 radical (unpaired) electrons. The number of hydrogen-bond acceptors (Lipinski definition) is 3. The van der Waals surface area contributed by atoms with E-state index in [1.165, 1.54) is 9.80 Å². The topological polar surface area (TPSA) is 36.4 Å². The van der Waals surface area contributed by atoms with Gasteiger partial charge in [-0.3, -0.25) is 4.79 Å². The fourth-order valence-electron chi connectivity index (χ4n) is 1.76. The molecule has 19 heavy (non-hydrogen) atoms. The van der Waals surface area contributed by atoms with Crippen LogP contribution in [0, 0.1) is 0 Å². The van der Waals surface area contributed by atoms with E-state index in [0.29, 0.717) is 13.1 Å². The molecular formula is C11H11ClF3N3O. The van der Waals surface area contributed by atoms with Gasteiger partial charge < -0.3 is 9.80 Å². The Kier molecular flexibility index (Phi) is 3.58. The lowest BCUT2D eigenvalue weighted by molar-refractivity contribution is -0.137. The summed E-state index contributed by atoms with van der Waals surface area (Å²) in [6, 6.07) is 1.67. The summed E-state index contributed by atoms with van der Waals surface area (Å²) in [7, 11) is 1.65. The molecule has 0 saturated carbocycles. The second kappa shape index (κ2) is 4.88. The molecule has 2 heterocycles. The third-order valence-corrected chi connectivity index (χ3v) is 3.08. The van der Waals surface area contributed by atoms with Gasteiger partial charge in [0.25, 0.3) is 0 Å². The Morgan fingerprint density at radius 2 is 2.00 bits per heavy atom. The van der Waals surface area contributed by atoms with Crippen molar-refractivity contribution in [2.45, 2.75) is 6.18 Å². The molecule has 1 aromatic heterocycles. The lowest BCUT2D eigenvalue weighted by Crippen LogP contribution is -2.48. The van der Waals surface area contributed by atoms with Gasteiger partial charge in [0.05, 0.1) is 12.1 Å². The zero-order chi connectivity index (χ0) is 14.2. The summed E-state index contributed by atoms with van der Waals surface area (Å²) in [5.74, 6) is -0.0946. The second-order valence-electron chi connectivity index (χ2n) is 4.27. The fourth-order valence-corrected chi connectivity index (χ4v) is 1.97. The number of anilines is 1. The number of hydrogen-bond donors (Lipinski definition) is 0. The van der Waals surface area contributed by atoms with E-state index in [-0.39, 0.29) is 23.4 Å². The maximum Gasteiger partial charge on any atom is 0.416 e. The number of pyridine rings is 1. The van der Waals surface area contributed by atoms with Crippen LogP contribution in [0.1, 0.15) is 5.56 Å². The standard InChI is InChI=1S/C11H11ClF3N3O/c1-17-2-3-18(6-10(17)19)9-5-7(11(13,14)15)4-8(12)16-9/h4-5H,2-3,6H2,1H3. The number of piperazine rings is 1. The van der Waals surface area contributed by atoms with Crippen molar-refractivity contribution in [3.8, 4) is 0 Å². The Morgan fingerprint density at radius 1 is 1.32 bits per heavy atom. The largest absolute Gasteiger partial charge is 0.416 e. The molecule has 1 fully saturated rings. The van der Waals surface area contributed by atoms with Gasteiger partial charge in [0, 0.05) is 20.1 Å². The number of nitrogens with zero attached hydrogens (tertiary/aromatic N) is 3. The van der Waals surface area contributed by atoms with Crippen LogP contribution >= 0.6 is 11.6 Å². The van der Waals surface area contributed by atoms with Gasteiger partial charge in [-0.15, -0.1) is 0 Å². The van der Waals surface area contributed by atoms with Crippen LogP contribution in [0.4, 0.5) is 19.0 Å². The van der Waals surface area contributed by atoms with Crippen LogP contribution in [-0.4, -0.2) is 42.5 Å². The average Bonchev–Trinajstić information content (AvgIpc) is 2.31. The number of alkyl halides is 3. The molecule has 8 heteroatoms. The van der Waals surface area contributed by atoms with Crippen LogP contribution < -0.4 is 4.90 Å². The van der Waals surface area contributed by atoms with E-state index in [4.69, 9.17) is 11.6 Å². The quantitative estimate of drug-likeness (QED) is 0.744. The van der Waals surface area contributed by atoms with Gasteiger partial charge in [0.1, 0.15) is 11.0 Å². The number of halogens is 4. The first-order valence-electron chi connectivity index (χ1n) is 5.51. The summed E-state index contributed by atoms with van der Waals surface area (Å²) in [6.45, 7) is 0.863. The van der Waals surface area contributed by atoms with Crippen molar-refractivity contribution in [3.63, 3.8) is 0 Å². The Bertz CT molecular complexity index is 506. The predicted molar refractivity (Wildman–Crippen MR) is 64.1 cm³/mol. The number of aromatic nitrogens is 1. The van der Waals surface area contributed by atoms with Gasteiger partial charge in [-0.1, -0.05) is 11.6 Å². The number of likely N-dealkylation sites (N-methyl/N-ethyl adjacent to an activating group) is 1. The molecule has 0 aliphatic carbocycles. The highest BCUT2D eigenvalue weighted by Gasteiger charge is 2.32. The van der Waals surface area contributed by atoms with Gasteiger partial charge >= 0.3 is 6.18 Å². The maximum absolute atomic E-state index is 12.7. The van der Waals surface area contributed by atoms with Gasteiger partial charge in [0.15, 0.2) is 0 Å². The number of amides is 1. The van der Waals surface area contributed by atoms with Crippen molar-refractivity contribution in [3.05, 3.63) is 22.8 Å². The third-order valence-electron chi connectivity index (χ3n) is 2.89. The summed E-state index contributed by atoms with van der Waals surface area (Å²) in [6.07, 6.45) is -4.49. The monoisotopic (exact) mass is 293 g/mol. The highest BCUT2D eigenvalue weighted by molar-refractivity contribution is 6.29. The first-order valence-corrected chi connectivity index (χ1v) is 5.89. The van der Waals surface area contributed by atoms with Gasteiger partial charge in [-0.25, -0.2) is 4.98 Å².